The lowest BCUT2D eigenvalue weighted by molar-refractivity contribution is -0.202. The Morgan fingerprint density at radius 3 is 2.19 bits per heavy atom. The average Bonchev–Trinajstić information content (AvgIpc) is 2.68. The maximum absolute atomic E-state index is 14.2. The molecule has 32 heavy (non-hydrogen) atoms. The van der Waals surface area contributed by atoms with Gasteiger partial charge < -0.3 is 5.11 Å². The molecule has 0 unspecified atom stereocenters. The highest BCUT2D eigenvalue weighted by Crippen LogP contribution is 2.75. The van der Waals surface area contributed by atoms with E-state index in [1.807, 2.05) is 0 Å². The number of hydrogen-bond donors (Lipinski definition) is 1. The number of ketones is 1. The summed E-state index contributed by atoms with van der Waals surface area (Å²) in [6.45, 7) is 19.4. The van der Waals surface area contributed by atoms with Crippen LogP contribution in [0, 0.1) is 50.2 Å². The van der Waals surface area contributed by atoms with E-state index in [1.54, 1.807) is 0 Å². The number of carbonyl (C=O) groups is 1. The van der Waals surface area contributed by atoms with E-state index < -0.39 is 0 Å². The molecule has 0 aliphatic heterocycles. The zero-order chi connectivity index (χ0) is 23.5. The van der Waals surface area contributed by atoms with Crippen LogP contribution in [0.15, 0.2) is 11.6 Å². The molecule has 4 fully saturated rings. The van der Waals surface area contributed by atoms with Gasteiger partial charge in [-0.1, -0.05) is 61.0 Å². The lowest BCUT2D eigenvalue weighted by Gasteiger charge is -2.70. The SMILES string of the molecule is CC1(C)CC[C@]2(C)CC[C@]3(C)C(=CC(=O)[C@@H]4[C@@]5(C)CC[C@H](O)C(C)(C)[C@@H]5CC[C@]43C)[C@H]2C1. The van der Waals surface area contributed by atoms with Gasteiger partial charge in [-0.2, -0.15) is 0 Å². The summed E-state index contributed by atoms with van der Waals surface area (Å²) in [5.41, 5.74) is 2.29. The minimum atomic E-state index is -0.245. The van der Waals surface area contributed by atoms with Gasteiger partial charge in [-0.3, -0.25) is 4.79 Å². The van der Waals surface area contributed by atoms with Crippen molar-refractivity contribution in [1.29, 1.82) is 0 Å². The van der Waals surface area contributed by atoms with Gasteiger partial charge in [-0.25, -0.2) is 0 Å². The number of carbonyl (C=O) groups excluding carboxylic acids is 1. The summed E-state index contributed by atoms with van der Waals surface area (Å²) in [5, 5.41) is 10.9. The van der Waals surface area contributed by atoms with E-state index in [2.05, 4.69) is 61.5 Å². The molecule has 8 atom stereocenters. The number of fused-ring (bicyclic) bond motifs is 7. The molecule has 5 aliphatic rings. The second-order valence-corrected chi connectivity index (χ2v) is 15.2. The van der Waals surface area contributed by atoms with Crippen LogP contribution in [0.1, 0.15) is 113 Å². The molecule has 0 saturated heterocycles. The first-order chi connectivity index (χ1) is 14.6. The van der Waals surface area contributed by atoms with Crippen molar-refractivity contribution < 1.29 is 9.90 Å². The molecule has 180 valence electrons. The fourth-order valence-corrected chi connectivity index (χ4v) is 10.3. The van der Waals surface area contributed by atoms with Crippen molar-refractivity contribution in [1.82, 2.24) is 0 Å². The van der Waals surface area contributed by atoms with Gasteiger partial charge in [0.05, 0.1) is 6.10 Å². The third-order valence-electron chi connectivity index (χ3n) is 12.8. The highest BCUT2D eigenvalue weighted by atomic mass is 16.3. The summed E-state index contributed by atoms with van der Waals surface area (Å²) < 4.78 is 0. The van der Waals surface area contributed by atoms with Gasteiger partial charge >= 0.3 is 0 Å². The van der Waals surface area contributed by atoms with Gasteiger partial charge in [0, 0.05) is 5.92 Å². The lowest BCUT2D eigenvalue weighted by Crippen LogP contribution is -2.66. The van der Waals surface area contributed by atoms with E-state index in [4.69, 9.17) is 0 Å². The zero-order valence-corrected chi connectivity index (χ0v) is 22.1. The number of aliphatic hydroxyl groups excluding tert-OH is 1. The fraction of sp³-hybridized carbons (Fsp3) is 0.900. The molecule has 0 amide bonds. The molecule has 2 nitrogen and oxygen atoms in total. The summed E-state index contributed by atoms with van der Waals surface area (Å²) in [4.78, 5) is 14.2. The molecule has 0 bridgehead atoms. The molecular formula is C30H48O2. The van der Waals surface area contributed by atoms with Crippen molar-refractivity contribution in [3.63, 3.8) is 0 Å². The molecule has 0 aromatic heterocycles. The standard InChI is InChI=1S/C30H48O2/c1-25(2)13-14-27(5)15-16-29(7)19(20(27)18-25)17-21(31)24-28(6)11-10-23(32)26(3,4)22(28)9-12-30(24,29)8/h17,20,22-24,32H,9-16,18H2,1-8H3/t20-,22+,23+,24-,27-,28+,29-,30-/m1/s1. The molecular weight excluding hydrogens is 392 g/mol. The van der Waals surface area contributed by atoms with Crippen LogP contribution in [0.2, 0.25) is 0 Å². The van der Waals surface area contributed by atoms with Crippen molar-refractivity contribution in [2.75, 3.05) is 0 Å². The van der Waals surface area contributed by atoms with E-state index in [0.717, 1.165) is 25.7 Å². The molecule has 5 aliphatic carbocycles. The third kappa shape index (κ3) is 2.71. The van der Waals surface area contributed by atoms with Gasteiger partial charge in [-0.15, -0.1) is 0 Å². The van der Waals surface area contributed by atoms with Crippen molar-refractivity contribution in [3.05, 3.63) is 11.6 Å². The first kappa shape index (κ1) is 23.1. The quantitative estimate of drug-likeness (QED) is 0.427. The first-order valence-electron chi connectivity index (χ1n) is 13.5. The molecule has 0 aromatic carbocycles. The van der Waals surface area contributed by atoms with Crippen molar-refractivity contribution in [2.24, 2.45) is 50.2 Å². The summed E-state index contributed by atoms with van der Waals surface area (Å²) >= 11 is 0. The molecule has 0 heterocycles. The number of hydrogen-bond acceptors (Lipinski definition) is 2. The van der Waals surface area contributed by atoms with Gasteiger partial charge in [0.2, 0.25) is 0 Å². The normalized spacial score (nSPS) is 53.9. The van der Waals surface area contributed by atoms with Crippen LogP contribution in [0.25, 0.3) is 0 Å². The Bertz CT molecular complexity index is 866. The monoisotopic (exact) mass is 440 g/mol. The first-order valence-corrected chi connectivity index (χ1v) is 13.5. The van der Waals surface area contributed by atoms with E-state index >= 15 is 0 Å². The van der Waals surface area contributed by atoms with Gasteiger partial charge in [0.25, 0.3) is 0 Å². The maximum Gasteiger partial charge on any atom is 0.159 e. The minimum Gasteiger partial charge on any atom is -0.393 e. The second-order valence-electron chi connectivity index (χ2n) is 15.2. The number of aliphatic hydroxyl groups is 1. The van der Waals surface area contributed by atoms with Crippen LogP contribution < -0.4 is 0 Å². The second kappa shape index (κ2) is 6.52. The Morgan fingerprint density at radius 2 is 1.50 bits per heavy atom. The molecule has 0 radical (unpaired) electrons. The van der Waals surface area contributed by atoms with Crippen LogP contribution in [0.4, 0.5) is 0 Å². The Balaban J connectivity index is 1.63. The molecule has 1 N–H and O–H groups in total. The molecule has 2 heteroatoms. The van der Waals surface area contributed by atoms with Crippen molar-refractivity contribution in [2.45, 2.75) is 119 Å². The molecule has 0 spiro atoms. The third-order valence-corrected chi connectivity index (χ3v) is 12.8. The van der Waals surface area contributed by atoms with E-state index in [9.17, 15) is 9.90 Å². The van der Waals surface area contributed by atoms with Crippen LogP contribution in [-0.4, -0.2) is 17.0 Å². The van der Waals surface area contributed by atoms with Crippen LogP contribution in [0.3, 0.4) is 0 Å². The Hall–Kier alpha value is -0.630. The van der Waals surface area contributed by atoms with Crippen molar-refractivity contribution >= 4 is 5.78 Å². The summed E-state index contributed by atoms with van der Waals surface area (Å²) in [6, 6.07) is 0. The highest BCUT2D eigenvalue weighted by molar-refractivity contribution is 5.95. The predicted molar refractivity (Wildman–Crippen MR) is 131 cm³/mol. The number of rotatable bonds is 0. The van der Waals surface area contributed by atoms with E-state index in [0.29, 0.717) is 28.4 Å². The molecule has 4 saturated carbocycles. The predicted octanol–water partition coefficient (Wildman–Crippen LogP) is 7.35. The summed E-state index contributed by atoms with van der Waals surface area (Å²) in [5.74, 6) is 1.49. The largest absolute Gasteiger partial charge is 0.393 e. The summed E-state index contributed by atoms with van der Waals surface area (Å²) in [6.07, 6.45) is 12.4. The van der Waals surface area contributed by atoms with Crippen LogP contribution >= 0.6 is 0 Å². The van der Waals surface area contributed by atoms with Crippen LogP contribution in [0.5, 0.6) is 0 Å². The van der Waals surface area contributed by atoms with E-state index in [-0.39, 0.29) is 33.7 Å². The van der Waals surface area contributed by atoms with Gasteiger partial charge in [0.1, 0.15) is 0 Å². The van der Waals surface area contributed by atoms with Crippen molar-refractivity contribution in [3.8, 4) is 0 Å². The summed E-state index contributed by atoms with van der Waals surface area (Å²) in [7, 11) is 0. The average molecular weight is 441 g/mol. The van der Waals surface area contributed by atoms with Crippen LogP contribution in [-0.2, 0) is 4.79 Å². The minimum absolute atomic E-state index is 0.00948. The zero-order valence-electron chi connectivity index (χ0n) is 22.1. The Kier molecular flexibility index (Phi) is 4.71. The van der Waals surface area contributed by atoms with E-state index in [1.165, 1.54) is 37.7 Å². The lowest BCUT2D eigenvalue weighted by atomic mass is 9.33. The topological polar surface area (TPSA) is 37.3 Å². The van der Waals surface area contributed by atoms with Gasteiger partial charge in [0.15, 0.2) is 5.78 Å². The smallest absolute Gasteiger partial charge is 0.159 e. The van der Waals surface area contributed by atoms with Gasteiger partial charge in [-0.05, 0) is 108 Å². The fourth-order valence-electron chi connectivity index (χ4n) is 10.3. The molecule has 0 aromatic rings. The number of allylic oxidation sites excluding steroid dienone is 2. The maximum atomic E-state index is 14.2. The molecule has 5 rings (SSSR count). The highest BCUT2D eigenvalue weighted by Gasteiger charge is 2.69. The Morgan fingerprint density at radius 1 is 0.844 bits per heavy atom. The Labute approximate surface area is 197 Å².